The summed E-state index contributed by atoms with van der Waals surface area (Å²) >= 11 is 0. The fourth-order valence-corrected chi connectivity index (χ4v) is 4.70. The highest BCUT2D eigenvalue weighted by Crippen LogP contribution is 2.65. The topological polar surface area (TPSA) is 44.8 Å². The van der Waals surface area contributed by atoms with Crippen LogP contribution in [0.5, 0.6) is 0 Å². The minimum atomic E-state index is -0.431. The van der Waals surface area contributed by atoms with Crippen LogP contribution in [-0.2, 0) is 18.8 Å². The molecular weight excluding hydrogens is 279 g/mol. The van der Waals surface area contributed by atoms with Gasteiger partial charge in [0.2, 0.25) is 0 Å². The molecule has 4 aliphatic rings. The van der Waals surface area contributed by atoms with E-state index in [-0.39, 0.29) is 24.8 Å². The van der Waals surface area contributed by atoms with Crippen molar-refractivity contribution in [1.82, 2.24) is 0 Å². The first-order chi connectivity index (χ1) is 10.0. The molecule has 4 nitrogen and oxygen atoms in total. The summed E-state index contributed by atoms with van der Waals surface area (Å²) in [6.45, 7) is 12.6. The zero-order chi connectivity index (χ0) is 16.3. The van der Waals surface area contributed by atoms with Gasteiger partial charge in [0.1, 0.15) is 5.60 Å². The largest absolute Gasteiger partial charge is 0.460 e. The molecule has 1 saturated heterocycles. The standard InChI is InChI=1S/C17H29BO4/c1-15(2,3)20-14(19)7-8-18-21-13-10-11-9-12(16(11,4)5)17(13,6)22-18/h11-13H,7-10H2,1-6H3/t11-,12-,13+,17-/m1/s1. The molecule has 2 bridgehead atoms. The van der Waals surface area contributed by atoms with Gasteiger partial charge in [-0.3, -0.25) is 4.79 Å². The van der Waals surface area contributed by atoms with E-state index in [0.717, 1.165) is 12.3 Å². The van der Waals surface area contributed by atoms with Crippen LogP contribution in [-0.4, -0.2) is 30.4 Å². The van der Waals surface area contributed by atoms with Crippen molar-refractivity contribution in [2.45, 2.75) is 84.4 Å². The van der Waals surface area contributed by atoms with Crippen molar-refractivity contribution in [1.29, 1.82) is 0 Å². The number of ether oxygens (including phenoxy) is 1. The maximum absolute atomic E-state index is 11.9. The Kier molecular flexibility index (Phi) is 3.69. The van der Waals surface area contributed by atoms with Crippen molar-refractivity contribution < 1.29 is 18.8 Å². The molecule has 124 valence electrons. The number of hydrogen-bond acceptors (Lipinski definition) is 4. The Bertz CT molecular complexity index is 470. The molecule has 4 atom stereocenters. The monoisotopic (exact) mass is 308 g/mol. The van der Waals surface area contributed by atoms with E-state index in [9.17, 15) is 4.79 Å². The fourth-order valence-electron chi connectivity index (χ4n) is 4.70. The number of carbonyl (C=O) groups excluding carboxylic acids is 1. The predicted molar refractivity (Wildman–Crippen MR) is 85.4 cm³/mol. The van der Waals surface area contributed by atoms with Crippen molar-refractivity contribution >= 4 is 13.1 Å². The average molecular weight is 308 g/mol. The van der Waals surface area contributed by atoms with Gasteiger partial charge in [-0.25, -0.2) is 0 Å². The van der Waals surface area contributed by atoms with E-state index in [1.54, 1.807) is 0 Å². The lowest BCUT2D eigenvalue weighted by molar-refractivity contribution is -0.199. The molecular formula is C17H29BO4. The van der Waals surface area contributed by atoms with Crippen molar-refractivity contribution in [3.8, 4) is 0 Å². The summed E-state index contributed by atoms with van der Waals surface area (Å²) in [5, 5.41) is 0. The summed E-state index contributed by atoms with van der Waals surface area (Å²) in [5.41, 5.74) is -0.259. The van der Waals surface area contributed by atoms with Gasteiger partial charge in [0.05, 0.1) is 11.7 Å². The molecule has 3 saturated carbocycles. The van der Waals surface area contributed by atoms with Gasteiger partial charge >= 0.3 is 13.1 Å². The van der Waals surface area contributed by atoms with E-state index < -0.39 is 5.60 Å². The summed E-state index contributed by atoms with van der Waals surface area (Å²) in [4.78, 5) is 11.9. The first kappa shape index (κ1) is 16.3. The molecule has 0 N–H and O–H groups in total. The Morgan fingerprint density at radius 2 is 1.95 bits per heavy atom. The van der Waals surface area contributed by atoms with Gasteiger partial charge in [-0.15, -0.1) is 0 Å². The van der Waals surface area contributed by atoms with Gasteiger partial charge in [0.15, 0.2) is 0 Å². The minimum Gasteiger partial charge on any atom is -0.460 e. The average Bonchev–Trinajstić information content (AvgIpc) is 2.69. The van der Waals surface area contributed by atoms with Crippen molar-refractivity contribution in [3.63, 3.8) is 0 Å². The molecule has 0 spiro atoms. The number of hydrogen-bond donors (Lipinski definition) is 0. The van der Waals surface area contributed by atoms with Crippen LogP contribution in [0.1, 0.15) is 60.8 Å². The molecule has 3 aliphatic carbocycles. The van der Waals surface area contributed by atoms with Crippen LogP contribution in [0.2, 0.25) is 6.32 Å². The second-order valence-corrected chi connectivity index (χ2v) is 9.02. The van der Waals surface area contributed by atoms with Gasteiger partial charge in [0, 0.05) is 6.42 Å². The van der Waals surface area contributed by atoms with Crippen LogP contribution in [0.4, 0.5) is 0 Å². The van der Waals surface area contributed by atoms with Crippen molar-refractivity contribution in [2.24, 2.45) is 17.3 Å². The van der Waals surface area contributed by atoms with Crippen LogP contribution >= 0.6 is 0 Å². The Balaban J connectivity index is 1.56. The van der Waals surface area contributed by atoms with E-state index in [1.807, 2.05) is 20.8 Å². The lowest BCUT2D eigenvalue weighted by atomic mass is 9.43. The van der Waals surface area contributed by atoms with Crippen LogP contribution in [0.15, 0.2) is 0 Å². The molecule has 4 fully saturated rings. The van der Waals surface area contributed by atoms with Gasteiger partial charge in [0.25, 0.3) is 0 Å². The Morgan fingerprint density at radius 3 is 2.55 bits per heavy atom. The highest BCUT2D eigenvalue weighted by Gasteiger charge is 2.67. The molecule has 0 aromatic heterocycles. The highest BCUT2D eigenvalue weighted by atomic mass is 16.7. The molecule has 0 aromatic rings. The van der Waals surface area contributed by atoms with Crippen molar-refractivity contribution in [3.05, 3.63) is 0 Å². The molecule has 1 heterocycles. The zero-order valence-electron chi connectivity index (χ0n) is 14.8. The quantitative estimate of drug-likeness (QED) is 0.592. The smallest absolute Gasteiger partial charge is 0.458 e. The van der Waals surface area contributed by atoms with E-state index in [1.165, 1.54) is 6.42 Å². The third-order valence-corrected chi connectivity index (χ3v) is 6.01. The third-order valence-electron chi connectivity index (χ3n) is 6.01. The van der Waals surface area contributed by atoms with Crippen LogP contribution in [0.3, 0.4) is 0 Å². The Morgan fingerprint density at radius 1 is 1.27 bits per heavy atom. The summed E-state index contributed by atoms with van der Waals surface area (Å²) < 4.78 is 17.8. The first-order valence-electron chi connectivity index (χ1n) is 8.57. The number of carbonyl (C=O) groups is 1. The molecule has 0 amide bonds. The highest BCUT2D eigenvalue weighted by molar-refractivity contribution is 6.45. The van der Waals surface area contributed by atoms with Gasteiger partial charge < -0.3 is 14.0 Å². The third kappa shape index (κ3) is 2.60. The van der Waals surface area contributed by atoms with Crippen LogP contribution in [0, 0.1) is 17.3 Å². The maximum atomic E-state index is 11.9. The summed E-state index contributed by atoms with van der Waals surface area (Å²) in [7, 11) is -0.266. The SMILES string of the molecule is CC(C)(C)OC(=O)CCB1O[C@H]2C[C@H]3C[C@H](C3(C)C)[C@@]2(C)O1. The number of esters is 1. The Hall–Kier alpha value is -0.545. The molecule has 5 heteroatoms. The predicted octanol–water partition coefficient (Wildman–Crippen LogP) is 3.45. The van der Waals surface area contributed by atoms with Crippen molar-refractivity contribution in [2.75, 3.05) is 0 Å². The second-order valence-electron chi connectivity index (χ2n) is 9.02. The van der Waals surface area contributed by atoms with Gasteiger partial charge in [-0.2, -0.15) is 0 Å². The summed E-state index contributed by atoms with van der Waals surface area (Å²) in [6.07, 6.45) is 3.46. The summed E-state index contributed by atoms with van der Waals surface area (Å²) in [6, 6.07) is 0. The van der Waals surface area contributed by atoms with E-state index in [2.05, 4.69) is 20.8 Å². The Labute approximate surface area is 134 Å². The zero-order valence-corrected chi connectivity index (χ0v) is 14.8. The molecule has 22 heavy (non-hydrogen) atoms. The van der Waals surface area contributed by atoms with E-state index >= 15 is 0 Å². The molecule has 4 rings (SSSR count). The molecule has 0 unspecified atom stereocenters. The molecule has 1 aliphatic heterocycles. The number of rotatable bonds is 3. The van der Waals surface area contributed by atoms with Crippen LogP contribution < -0.4 is 0 Å². The lowest BCUT2D eigenvalue weighted by Gasteiger charge is -2.64. The lowest BCUT2D eigenvalue weighted by Crippen LogP contribution is -2.65. The normalized spacial score (nSPS) is 39.2. The van der Waals surface area contributed by atoms with Crippen LogP contribution in [0.25, 0.3) is 0 Å². The van der Waals surface area contributed by atoms with Gasteiger partial charge in [-0.05, 0) is 64.1 Å². The van der Waals surface area contributed by atoms with E-state index in [4.69, 9.17) is 14.0 Å². The summed E-state index contributed by atoms with van der Waals surface area (Å²) in [5.74, 6) is 1.14. The molecule has 0 radical (unpaired) electrons. The van der Waals surface area contributed by atoms with E-state index in [0.29, 0.717) is 24.1 Å². The first-order valence-corrected chi connectivity index (χ1v) is 8.57. The molecule has 0 aromatic carbocycles. The minimum absolute atomic E-state index is 0.177. The second kappa shape index (κ2) is 4.97. The maximum Gasteiger partial charge on any atom is 0.458 e. The van der Waals surface area contributed by atoms with Gasteiger partial charge in [-0.1, -0.05) is 13.8 Å². The fraction of sp³-hybridized carbons (Fsp3) is 0.941.